The quantitative estimate of drug-likeness (QED) is 0.635. The van der Waals surface area contributed by atoms with Crippen LogP contribution in [-0.2, 0) is 25.9 Å². The SMILES string of the molecule is CCc1noc(CC)c1CNC(=NC)NCc1ccccc1F. The molecule has 1 aromatic heterocycles. The van der Waals surface area contributed by atoms with Crippen molar-refractivity contribution in [3.63, 3.8) is 0 Å². The van der Waals surface area contributed by atoms with Crippen molar-refractivity contribution in [2.75, 3.05) is 7.05 Å². The number of hydrogen-bond acceptors (Lipinski definition) is 3. The smallest absolute Gasteiger partial charge is 0.191 e. The molecule has 0 aliphatic heterocycles. The molecule has 0 bridgehead atoms. The van der Waals surface area contributed by atoms with Crippen LogP contribution in [0.5, 0.6) is 0 Å². The third kappa shape index (κ3) is 4.31. The Morgan fingerprint density at radius 2 is 1.91 bits per heavy atom. The number of nitrogens with one attached hydrogen (secondary N) is 2. The maximum absolute atomic E-state index is 13.6. The molecule has 2 N–H and O–H groups in total. The van der Waals surface area contributed by atoms with E-state index in [-0.39, 0.29) is 5.82 Å². The van der Waals surface area contributed by atoms with Crippen LogP contribution in [0, 0.1) is 5.82 Å². The minimum absolute atomic E-state index is 0.226. The Morgan fingerprint density at radius 1 is 1.17 bits per heavy atom. The molecule has 0 fully saturated rings. The Bertz CT molecular complexity index is 645. The molecule has 1 heterocycles. The van der Waals surface area contributed by atoms with Crippen LogP contribution in [0.25, 0.3) is 0 Å². The van der Waals surface area contributed by atoms with Gasteiger partial charge in [-0.3, -0.25) is 4.99 Å². The predicted octanol–water partition coefficient (Wildman–Crippen LogP) is 2.80. The van der Waals surface area contributed by atoms with Crippen molar-refractivity contribution in [2.24, 2.45) is 4.99 Å². The van der Waals surface area contributed by atoms with Gasteiger partial charge in [0.15, 0.2) is 5.96 Å². The van der Waals surface area contributed by atoms with Gasteiger partial charge in [0.05, 0.1) is 5.69 Å². The first-order valence-electron chi connectivity index (χ1n) is 7.83. The number of rotatable bonds is 6. The zero-order chi connectivity index (χ0) is 16.7. The van der Waals surface area contributed by atoms with Crippen molar-refractivity contribution >= 4 is 5.96 Å². The summed E-state index contributed by atoms with van der Waals surface area (Å²) in [5.74, 6) is 1.27. The molecule has 0 saturated carbocycles. The van der Waals surface area contributed by atoms with E-state index in [1.807, 2.05) is 19.9 Å². The van der Waals surface area contributed by atoms with Crippen molar-refractivity contribution in [1.29, 1.82) is 0 Å². The molecule has 0 aliphatic carbocycles. The summed E-state index contributed by atoms with van der Waals surface area (Å²) in [6.07, 6.45) is 1.62. The number of halogens is 1. The Labute approximate surface area is 136 Å². The molecule has 0 spiro atoms. The summed E-state index contributed by atoms with van der Waals surface area (Å²) in [7, 11) is 1.69. The summed E-state index contributed by atoms with van der Waals surface area (Å²) in [4.78, 5) is 4.16. The fourth-order valence-corrected chi connectivity index (χ4v) is 2.35. The van der Waals surface area contributed by atoms with Gasteiger partial charge in [0, 0.05) is 37.7 Å². The second-order valence-electron chi connectivity index (χ2n) is 5.11. The maximum atomic E-state index is 13.6. The van der Waals surface area contributed by atoms with Gasteiger partial charge in [-0.2, -0.15) is 0 Å². The van der Waals surface area contributed by atoms with E-state index in [1.165, 1.54) is 6.07 Å². The number of benzene rings is 1. The molecule has 0 atom stereocenters. The first-order chi connectivity index (χ1) is 11.2. The molecular weight excluding hydrogens is 295 g/mol. The lowest BCUT2D eigenvalue weighted by Crippen LogP contribution is -2.36. The monoisotopic (exact) mass is 318 g/mol. The highest BCUT2D eigenvalue weighted by atomic mass is 19.1. The average molecular weight is 318 g/mol. The van der Waals surface area contributed by atoms with Gasteiger partial charge in [-0.05, 0) is 12.5 Å². The zero-order valence-electron chi connectivity index (χ0n) is 13.8. The van der Waals surface area contributed by atoms with Crippen LogP contribution in [0.3, 0.4) is 0 Å². The maximum Gasteiger partial charge on any atom is 0.191 e. The van der Waals surface area contributed by atoms with Gasteiger partial charge in [0.1, 0.15) is 11.6 Å². The van der Waals surface area contributed by atoms with Crippen molar-refractivity contribution < 1.29 is 8.91 Å². The summed E-state index contributed by atoms with van der Waals surface area (Å²) in [5, 5.41) is 10.4. The van der Waals surface area contributed by atoms with Gasteiger partial charge in [0.2, 0.25) is 0 Å². The van der Waals surface area contributed by atoms with Crippen molar-refractivity contribution in [3.05, 3.63) is 52.7 Å². The molecule has 124 valence electrons. The normalized spacial score (nSPS) is 11.6. The number of nitrogens with zero attached hydrogens (tertiary/aromatic N) is 2. The van der Waals surface area contributed by atoms with Crippen LogP contribution in [-0.4, -0.2) is 18.2 Å². The lowest BCUT2D eigenvalue weighted by molar-refractivity contribution is 0.380. The van der Waals surface area contributed by atoms with Gasteiger partial charge in [-0.25, -0.2) is 4.39 Å². The Hall–Kier alpha value is -2.37. The largest absolute Gasteiger partial charge is 0.361 e. The molecule has 23 heavy (non-hydrogen) atoms. The Morgan fingerprint density at radius 3 is 2.57 bits per heavy atom. The first kappa shape index (κ1) is 17.0. The minimum atomic E-state index is -0.226. The highest BCUT2D eigenvalue weighted by Gasteiger charge is 2.13. The second-order valence-corrected chi connectivity index (χ2v) is 5.11. The molecule has 0 amide bonds. The van der Waals surface area contributed by atoms with E-state index in [9.17, 15) is 4.39 Å². The molecule has 6 heteroatoms. The fourth-order valence-electron chi connectivity index (χ4n) is 2.35. The van der Waals surface area contributed by atoms with Gasteiger partial charge in [-0.1, -0.05) is 37.2 Å². The third-order valence-corrected chi connectivity index (χ3v) is 3.67. The van der Waals surface area contributed by atoms with E-state index >= 15 is 0 Å². The molecule has 1 aromatic carbocycles. The standard InChI is InChI=1S/C17H23FN4O/c1-4-15-13(16(5-2)23-22-15)11-21-17(19-3)20-10-12-8-6-7-9-14(12)18/h6-9H,4-5,10-11H2,1-3H3,(H2,19,20,21). The number of aryl methyl sites for hydroxylation is 2. The van der Waals surface area contributed by atoms with Crippen LogP contribution >= 0.6 is 0 Å². The van der Waals surface area contributed by atoms with E-state index in [1.54, 1.807) is 19.2 Å². The van der Waals surface area contributed by atoms with Gasteiger partial charge in [0.25, 0.3) is 0 Å². The van der Waals surface area contributed by atoms with E-state index in [0.29, 0.717) is 24.6 Å². The van der Waals surface area contributed by atoms with Crippen LogP contribution in [0.4, 0.5) is 4.39 Å². The van der Waals surface area contributed by atoms with Crippen molar-refractivity contribution in [1.82, 2.24) is 15.8 Å². The minimum Gasteiger partial charge on any atom is -0.361 e. The molecule has 0 aliphatic rings. The van der Waals surface area contributed by atoms with Crippen LogP contribution in [0.1, 0.15) is 36.4 Å². The average Bonchev–Trinajstić information content (AvgIpc) is 2.98. The molecule has 2 rings (SSSR count). The number of hydrogen-bond donors (Lipinski definition) is 2. The van der Waals surface area contributed by atoms with E-state index in [4.69, 9.17) is 4.52 Å². The summed E-state index contributed by atoms with van der Waals surface area (Å²) < 4.78 is 19.0. The Balaban J connectivity index is 1.96. The third-order valence-electron chi connectivity index (χ3n) is 3.67. The molecule has 5 nitrogen and oxygen atoms in total. The van der Waals surface area contributed by atoms with Crippen molar-refractivity contribution in [2.45, 2.75) is 39.8 Å². The van der Waals surface area contributed by atoms with E-state index < -0.39 is 0 Å². The van der Waals surface area contributed by atoms with Gasteiger partial charge >= 0.3 is 0 Å². The number of aromatic nitrogens is 1. The molecular formula is C17H23FN4O. The predicted molar refractivity (Wildman–Crippen MR) is 88.7 cm³/mol. The van der Waals surface area contributed by atoms with Crippen molar-refractivity contribution in [3.8, 4) is 0 Å². The van der Waals surface area contributed by atoms with Gasteiger partial charge in [-0.15, -0.1) is 0 Å². The van der Waals surface area contributed by atoms with E-state index in [0.717, 1.165) is 29.9 Å². The second kappa shape index (κ2) is 8.31. The van der Waals surface area contributed by atoms with Crippen LogP contribution in [0.2, 0.25) is 0 Å². The summed E-state index contributed by atoms with van der Waals surface area (Å²) in [6.45, 7) is 5.03. The lowest BCUT2D eigenvalue weighted by atomic mass is 10.1. The first-order valence-corrected chi connectivity index (χ1v) is 7.83. The summed E-state index contributed by atoms with van der Waals surface area (Å²) in [6, 6.07) is 6.69. The molecule has 0 radical (unpaired) electrons. The topological polar surface area (TPSA) is 62.5 Å². The van der Waals surface area contributed by atoms with Crippen LogP contribution in [0.15, 0.2) is 33.8 Å². The zero-order valence-corrected chi connectivity index (χ0v) is 13.8. The van der Waals surface area contributed by atoms with Crippen LogP contribution < -0.4 is 10.6 Å². The summed E-state index contributed by atoms with van der Waals surface area (Å²) in [5.41, 5.74) is 2.63. The highest BCUT2D eigenvalue weighted by molar-refractivity contribution is 5.79. The Kier molecular flexibility index (Phi) is 6.14. The molecule has 2 aromatic rings. The summed E-state index contributed by atoms with van der Waals surface area (Å²) >= 11 is 0. The van der Waals surface area contributed by atoms with E-state index in [2.05, 4.69) is 20.8 Å². The lowest BCUT2D eigenvalue weighted by Gasteiger charge is -2.12. The fraction of sp³-hybridized carbons (Fsp3) is 0.412. The van der Waals surface area contributed by atoms with Gasteiger partial charge < -0.3 is 15.2 Å². The molecule has 0 saturated heterocycles. The highest BCUT2D eigenvalue weighted by Crippen LogP contribution is 2.15. The number of guanidine groups is 1. The molecule has 0 unspecified atom stereocenters. The number of aliphatic imine (C=N–C) groups is 1.